The van der Waals surface area contributed by atoms with Gasteiger partial charge in [0.1, 0.15) is 0 Å². The Kier molecular flexibility index (Phi) is 3.33. The third-order valence-electron chi connectivity index (χ3n) is 4.15. The number of aromatic nitrogens is 2. The van der Waals surface area contributed by atoms with Gasteiger partial charge in [0.25, 0.3) is 0 Å². The maximum absolute atomic E-state index is 10.3. The molecule has 2 rings (SSSR count). The normalized spacial score (nSPS) is 21.2. The summed E-state index contributed by atoms with van der Waals surface area (Å²) >= 11 is 0. The minimum atomic E-state index is -0.162. The van der Waals surface area contributed by atoms with Crippen LogP contribution in [0.15, 0.2) is 12.3 Å². The van der Waals surface area contributed by atoms with E-state index in [0.717, 1.165) is 12.8 Å². The summed E-state index contributed by atoms with van der Waals surface area (Å²) in [5, 5.41) is 14.4. The summed E-state index contributed by atoms with van der Waals surface area (Å²) in [5.74, 6) is 0. The van der Waals surface area contributed by atoms with E-state index in [1.54, 1.807) is 0 Å². The summed E-state index contributed by atoms with van der Waals surface area (Å²) < 4.78 is 1.89. The van der Waals surface area contributed by atoms with E-state index in [1.807, 2.05) is 24.0 Å². The van der Waals surface area contributed by atoms with Crippen LogP contribution in [0.1, 0.15) is 44.7 Å². The van der Waals surface area contributed by atoms with Crippen LogP contribution < -0.4 is 0 Å². The zero-order valence-corrected chi connectivity index (χ0v) is 10.3. The van der Waals surface area contributed by atoms with Crippen LogP contribution in [0.3, 0.4) is 0 Å². The Hall–Kier alpha value is -0.830. The average molecular weight is 222 g/mol. The summed E-state index contributed by atoms with van der Waals surface area (Å²) in [7, 11) is 1.96. The molecule has 1 aliphatic rings. The molecule has 3 nitrogen and oxygen atoms in total. The number of rotatable bonds is 4. The second kappa shape index (κ2) is 4.58. The van der Waals surface area contributed by atoms with Gasteiger partial charge in [-0.2, -0.15) is 5.10 Å². The van der Waals surface area contributed by atoms with Gasteiger partial charge >= 0.3 is 0 Å². The van der Waals surface area contributed by atoms with E-state index in [0.29, 0.717) is 0 Å². The van der Waals surface area contributed by atoms with Crippen molar-refractivity contribution in [3.05, 3.63) is 18.0 Å². The number of hydrogen-bond acceptors (Lipinski definition) is 2. The number of aliphatic hydroxyl groups excluding tert-OH is 1. The van der Waals surface area contributed by atoms with Gasteiger partial charge < -0.3 is 5.11 Å². The van der Waals surface area contributed by atoms with Gasteiger partial charge in [0.05, 0.1) is 6.10 Å². The molecule has 0 aliphatic heterocycles. The molecule has 1 saturated carbocycles. The lowest BCUT2D eigenvalue weighted by Crippen LogP contribution is -2.30. The molecule has 1 aliphatic carbocycles. The topological polar surface area (TPSA) is 38.0 Å². The first-order valence-corrected chi connectivity index (χ1v) is 6.27. The van der Waals surface area contributed by atoms with Crippen LogP contribution in [0, 0.1) is 5.41 Å². The van der Waals surface area contributed by atoms with Crippen LogP contribution in [0.5, 0.6) is 0 Å². The number of nitrogens with zero attached hydrogens (tertiary/aromatic N) is 2. The monoisotopic (exact) mass is 222 g/mol. The second-order valence-corrected chi connectivity index (χ2v) is 5.36. The van der Waals surface area contributed by atoms with Gasteiger partial charge in [-0.1, -0.05) is 19.8 Å². The van der Waals surface area contributed by atoms with Crippen molar-refractivity contribution in [1.29, 1.82) is 0 Å². The maximum Gasteiger partial charge on any atom is 0.0597 e. The predicted molar refractivity (Wildman–Crippen MR) is 64.1 cm³/mol. The molecule has 1 aromatic rings. The van der Waals surface area contributed by atoms with Gasteiger partial charge in [0.2, 0.25) is 0 Å². The van der Waals surface area contributed by atoms with E-state index in [1.165, 1.54) is 31.4 Å². The highest BCUT2D eigenvalue weighted by atomic mass is 16.3. The van der Waals surface area contributed by atoms with E-state index >= 15 is 0 Å². The summed E-state index contributed by atoms with van der Waals surface area (Å²) in [5.41, 5.74) is 1.37. The quantitative estimate of drug-likeness (QED) is 0.849. The Labute approximate surface area is 97.5 Å². The zero-order chi connectivity index (χ0) is 11.6. The lowest BCUT2D eigenvalue weighted by Gasteiger charge is -2.30. The fourth-order valence-electron chi connectivity index (χ4n) is 2.80. The lowest BCUT2D eigenvalue weighted by molar-refractivity contribution is 0.0350. The molecule has 0 amide bonds. The van der Waals surface area contributed by atoms with E-state index in [-0.39, 0.29) is 11.5 Å². The fourth-order valence-corrected chi connectivity index (χ4v) is 2.80. The van der Waals surface area contributed by atoms with Crippen molar-refractivity contribution in [2.45, 2.75) is 51.6 Å². The van der Waals surface area contributed by atoms with Crippen molar-refractivity contribution in [2.24, 2.45) is 12.5 Å². The molecule has 1 unspecified atom stereocenters. The van der Waals surface area contributed by atoms with Crippen molar-refractivity contribution in [3.63, 3.8) is 0 Å². The van der Waals surface area contributed by atoms with Crippen molar-refractivity contribution >= 4 is 0 Å². The molecule has 0 aromatic carbocycles. The first kappa shape index (κ1) is 11.6. The molecule has 3 heteroatoms. The SMILES string of the molecule is Cn1nccc1CCC(O)C1(C)CCCC1. The smallest absolute Gasteiger partial charge is 0.0597 e. The van der Waals surface area contributed by atoms with Gasteiger partial charge in [-0.25, -0.2) is 0 Å². The molecule has 90 valence electrons. The third-order valence-corrected chi connectivity index (χ3v) is 4.15. The summed E-state index contributed by atoms with van der Waals surface area (Å²) in [6.45, 7) is 2.23. The molecule has 0 bridgehead atoms. The van der Waals surface area contributed by atoms with E-state index in [2.05, 4.69) is 12.0 Å². The highest BCUT2D eigenvalue weighted by molar-refractivity contribution is 5.01. The minimum absolute atomic E-state index is 0.162. The summed E-state index contributed by atoms with van der Waals surface area (Å²) in [4.78, 5) is 0. The van der Waals surface area contributed by atoms with Gasteiger partial charge in [0, 0.05) is 18.9 Å². The Morgan fingerprint density at radius 1 is 1.50 bits per heavy atom. The Morgan fingerprint density at radius 3 is 2.75 bits per heavy atom. The first-order chi connectivity index (χ1) is 7.62. The molecule has 1 heterocycles. The number of aryl methyl sites for hydroxylation is 2. The molecule has 0 spiro atoms. The predicted octanol–water partition coefficient (Wildman–Crippen LogP) is 2.29. The van der Waals surface area contributed by atoms with E-state index < -0.39 is 0 Å². The molecule has 16 heavy (non-hydrogen) atoms. The molecular weight excluding hydrogens is 200 g/mol. The second-order valence-electron chi connectivity index (χ2n) is 5.36. The largest absolute Gasteiger partial charge is 0.393 e. The van der Waals surface area contributed by atoms with Crippen molar-refractivity contribution in [1.82, 2.24) is 9.78 Å². The fraction of sp³-hybridized carbons (Fsp3) is 0.769. The molecule has 0 saturated heterocycles. The highest BCUT2D eigenvalue weighted by Gasteiger charge is 2.35. The first-order valence-electron chi connectivity index (χ1n) is 6.27. The van der Waals surface area contributed by atoms with Crippen LogP contribution in [-0.4, -0.2) is 21.0 Å². The minimum Gasteiger partial charge on any atom is -0.393 e. The Bertz CT molecular complexity index is 339. The molecular formula is C13H22N2O. The van der Waals surface area contributed by atoms with Crippen molar-refractivity contribution in [2.75, 3.05) is 0 Å². The van der Waals surface area contributed by atoms with Crippen LogP contribution in [0.2, 0.25) is 0 Å². The lowest BCUT2D eigenvalue weighted by atomic mass is 9.80. The summed E-state index contributed by atoms with van der Waals surface area (Å²) in [6, 6.07) is 2.03. The number of hydrogen-bond donors (Lipinski definition) is 1. The third kappa shape index (κ3) is 2.29. The van der Waals surface area contributed by atoms with Crippen molar-refractivity contribution < 1.29 is 5.11 Å². The Balaban J connectivity index is 1.88. The standard InChI is InChI=1S/C13H22N2O/c1-13(8-3-4-9-13)12(16)6-5-11-7-10-14-15(11)2/h7,10,12,16H,3-6,8-9H2,1-2H3. The molecule has 1 N–H and O–H groups in total. The van der Waals surface area contributed by atoms with Crippen LogP contribution in [0.4, 0.5) is 0 Å². The molecule has 1 fully saturated rings. The van der Waals surface area contributed by atoms with E-state index in [9.17, 15) is 5.11 Å². The summed E-state index contributed by atoms with van der Waals surface area (Å²) in [6.07, 6.45) is 8.35. The van der Waals surface area contributed by atoms with Crippen LogP contribution in [0.25, 0.3) is 0 Å². The van der Waals surface area contributed by atoms with Gasteiger partial charge in [-0.05, 0) is 37.2 Å². The van der Waals surface area contributed by atoms with Crippen molar-refractivity contribution in [3.8, 4) is 0 Å². The van der Waals surface area contributed by atoms with Crippen LogP contribution >= 0.6 is 0 Å². The van der Waals surface area contributed by atoms with E-state index in [4.69, 9.17) is 0 Å². The average Bonchev–Trinajstić information content (AvgIpc) is 2.85. The molecule has 1 atom stereocenters. The van der Waals surface area contributed by atoms with Gasteiger partial charge in [-0.15, -0.1) is 0 Å². The Morgan fingerprint density at radius 2 is 2.19 bits per heavy atom. The zero-order valence-electron chi connectivity index (χ0n) is 10.3. The molecule has 1 aromatic heterocycles. The van der Waals surface area contributed by atoms with Crippen LogP contribution in [-0.2, 0) is 13.5 Å². The highest BCUT2D eigenvalue weighted by Crippen LogP contribution is 2.41. The maximum atomic E-state index is 10.3. The molecule has 0 radical (unpaired) electrons. The van der Waals surface area contributed by atoms with Gasteiger partial charge in [0.15, 0.2) is 0 Å². The number of aliphatic hydroxyl groups is 1. The van der Waals surface area contributed by atoms with Gasteiger partial charge in [-0.3, -0.25) is 4.68 Å².